The highest BCUT2D eigenvalue weighted by Crippen LogP contribution is 2.15. The molecule has 1 fully saturated rings. The summed E-state index contributed by atoms with van der Waals surface area (Å²) in [4.78, 5) is 14.4. The van der Waals surface area contributed by atoms with Crippen LogP contribution < -0.4 is 21.9 Å². The maximum atomic E-state index is 12.8. The van der Waals surface area contributed by atoms with Crippen molar-refractivity contribution >= 4 is 5.91 Å². The van der Waals surface area contributed by atoms with Crippen LogP contribution in [-0.2, 0) is 0 Å². The van der Waals surface area contributed by atoms with E-state index in [2.05, 4.69) is 39.2 Å². The predicted octanol–water partition coefficient (Wildman–Crippen LogP) is 0.0353. The van der Waals surface area contributed by atoms with E-state index in [4.69, 9.17) is 0 Å². The van der Waals surface area contributed by atoms with E-state index in [1.165, 1.54) is 5.56 Å². The lowest BCUT2D eigenvalue weighted by atomic mass is 10.1. The van der Waals surface area contributed by atoms with Crippen LogP contribution in [0.2, 0.25) is 0 Å². The van der Waals surface area contributed by atoms with Gasteiger partial charge < -0.3 is 4.90 Å². The number of hydrazine groups is 3. The lowest BCUT2D eigenvalue weighted by molar-refractivity contribution is 0.0757. The molecule has 9 heteroatoms. The van der Waals surface area contributed by atoms with Crippen LogP contribution in [0.1, 0.15) is 28.7 Å². The molecule has 1 aliphatic rings. The van der Waals surface area contributed by atoms with E-state index >= 15 is 0 Å². The summed E-state index contributed by atoms with van der Waals surface area (Å²) in [5.41, 5.74) is 14.8. The van der Waals surface area contributed by atoms with E-state index in [0.717, 1.165) is 11.4 Å². The standard InChI is InChI=1S/C16H24N8O/c1-10-5-7-13(8-6-10)24-12(3)14(17-22-24)16(25)23(4)9-11(2)15-18-20-21-19-15/h5-8,11,15,18-21H,9H2,1-4H3. The Morgan fingerprint density at radius 2 is 1.88 bits per heavy atom. The van der Waals surface area contributed by atoms with Crippen molar-refractivity contribution in [3.05, 3.63) is 41.2 Å². The van der Waals surface area contributed by atoms with E-state index in [1.807, 2.05) is 38.1 Å². The van der Waals surface area contributed by atoms with Crippen molar-refractivity contribution in [3.8, 4) is 5.69 Å². The van der Waals surface area contributed by atoms with Crippen molar-refractivity contribution in [1.82, 2.24) is 41.8 Å². The van der Waals surface area contributed by atoms with E-state index < -0.39 is 0 Å². The summed E-state index contributed by atoms with van der Waals surface area (Å²) in [5, 5.41) is 8.26. The summed E-state index contributed by atoms with van der Waals surface area (Å²) in [6.07, 6.45) is 0.0274. The molecule has 0 aliphatic carbocycles. The van der Waals surface area contributed by atoms with Gasteiger partial charge in [-0.05, 0) is 26.0 Å². The van der Waals surface area contributed by atoms with Gasteiger partial charge in [0, 0.05) is 19.5 Å². The molecule has 1 amide bonds. The number of benzene rings is 1. The summed E-state index contributed by atoms with van der Waals surface area (Å²) in [6.45, 7) is 6.52. The van der Waals surface area contributed by atoms with E-state index in [0.29, 0.717) is 12.2 Å². The lowest BCUT2D eigenvalue weighted by Gasteiger charge is -2.24. The van der Waals surface area contributed by atoms with Crippen LogP contribution in [0.5, 0.6) is 0 Å². The molecular weight excluding hydrogens is 320 g/mol. The average molecular weight is 344 g/mol. The summed E-state index contributed by atoms with van der Waals surface area (Å²) in [6, 6.07) is 7.95. The smallest absolute Gasteiger partial charge is 0.276 e. The summed E-state index contributed by atoms with van der Waals surface area (Å²) in [5.74, 6) is 0.0468. The molecule has 1 saturated heterocycles. The zero-order valence-electron chi connectivity index (χ0n) is 14.9. The van der Waals surface area contributed by atoms with Crippen LogP contribution in [0.4, 0.5) is 0 Å². The maximum absolute atomic E-state index is 12.8. The molecule has 1 unspecified atom stereocenters. The van der Waals surface area contributed by atoms with Gasteiger partial charge in [-0.25, -0.2) is 15.5 Å². The van der Waals surface area contributed by atoms with Crippen LogP contribution in [-0.4, -0.2) is 45.6 Å². The number of carbonyl (C=O) groups is 1. The maximum Gasteiger partial charge on any atom is 0.276 e. The van der Waals surface area contributed by atoms with Gasteiger partial charge in [-0.1, -0.05) is 29.8 Å². The Hall–Kier alpha value is -2.33. The molecule has 2 aromatic rings. The summed E-state index contributed by atoms with van der Waals surface area (Å²) >= 11 is 0. The Morgan fingerprint density at radius 1 is 1.24 bits per heavy atom. The Morgan fingerprint density at radius 3 is 2.52 bits per heavy atom. The number of rotatable bonds is 5. The zero-order chi connectivity index (χ0) is 18.0. The SMILES string of the molecule is Cc1ccc(-n2nnc(C(=O)N(C)CC(C)C3NNNN3)c2C)cc1. The van der Waals surface area contributed by atoms with Crippen molar-refractivity contribution in [1.29, 1.82) is 0 Å². The van der Waals surface area contributed by atoms with Crippen LogP contribution in [0.25, 0.3) is 5.69 Å². The Bertz CT molecular complexity index is 735. The van der Waals surface area contributed by atoms with E-state index in [-0.39, 0.29) is 18.0 Å². The quantitative estimate of drug-likeness (QED) is 0.608. The van der Waals surface area contributed by atoms with Gasteiger partial charge in [-0.3, -0.25) is 4.79 Å². The minimum absolute atomic E-state index is 0.0274. The Labute approximate surface area is 146 Å². The molecule has 1 aliphatic heterocycles. The summed E-state index contributed by atoms with van der Waals surface area (Å²) < 4.78 is 1.69. The van der Waals surface area contributed by atoms with E-state index in [1.54, 1.807) is 16.6 Å². The summed E-state index contributed by atoms with van der Waals surface area (Å²) in [7, 11) is 1.78. The minimum Gasteiger partial charge on any atom is -0.340 e. The second-order valence-corrected chi connectivity index (χ2v) is 6.45. The minimum atomic E-state index is -0.137. The first-order chi connectivity index (χ1) is 12.0. The number of aromatic nitrogens is 3. The molecule has 1 aromatic carbocycles. The molecule has 0 saturated carbocycles. The number of hydrogen-bond acceptors (Lipinski definition) is 7. The van der Waals surface area contributed by atoms with Crippen molar-refractivity contribution in [2.24, 2.45) is 5.92 Å². The highest BCUT2D eigenvalue weighted by Gasteiger charge is 2.26. The number of hydrogen-bond donors (Lipinski definition) is 4. The first-order valence-corrected chi connectivity index (χ1v) is 8.23. The molecule has 1 aromatic heterocycles. The molecule has 2 heterocycles. The molecule has 3 rings (SSSR count). The van der Waals surface area contributed by atoms with Crippen LogP contribution >= 0.6 is 0 Å². The third-order valence-electron chi connectivity index (χ3n) is 4.37. The molecular formula is C16H24N8O. The number of amides is 1. The molecule has 0 radical (unpaired) electrons. The second kappa shape index (κ2) is 7.28. The molecule has 134 valence electrons. The molecule has 1 atom stereocenters. The molecule has 0 spiro atoms. The van der Waals surface area contributed by atoms with Crippen LogP contribution in [0.15, 0.2) is 24.3 Å². The van der Waals surface area contributed by atoms with E-state index in [9.17, 15) is 4.79 Å². The molecule has 25 heavy (non-hydrogen) atoms. The van der Waals surface area contributed by atoms with Gasteiger partial charge in [0.25, 0.3) is 5.91 Å². The largest absolute Gasteiger partial charge is 0.340 e. The van der Waals surface area contributed by atoms with Crippen molar-refractivity contribution in [3.63, 3.8) is 0 Å². The average Bonchev–Trinajstić information content (AvgIpc) is 3.25. The normalized spacial score (nSPS) is 16.2. The van der Waals surface area contributed by atoms with Gasteiger partial charge >= 0.3 is 0 Å². The fraction of sp³-hybridized carbons (Fsp3) is 0.438. The van der Waals surface area contributed by atoms with Gasteiger partial charge in [0.15, 0.2) is 5.69 Å². The number of nitrogens with one attached hydrogen (secondary N) is 4. The van der Waals surface area contributed by atoms with Crippen LogP contribution in [0.3, 0.4) is 0 Å². The fourth-order valence-electron chi connectivity index (χ4n) is 2.81. The first kappa shape index (κ1) is 17.5. The van der Waals surface area contributed by atoms with Crippen molar-refractivity contribution < 1.29 is 4.79 Å². The Balaban J connectivity index is 1.72. The number of nitrogens with zero attached hydrogens (tertiary/aromatic N) is 4. The number of carbonyl (C=O) groups excluding carboxylic acids is 1. The highest BCUT2D eigenvalue weighted by atomic mass is 16.2. The van der Waals surface area contributed by atoms with Gasteiger partial charge in [0.1, 0.15) is 0 Å². The predicted molar refractivity (Wildman–Crippen MR) is 93.3 cm³/mol. The number of aryl methyl sites for hydroxylation is 1. The molecule has 9 nitrogen and oxygen atoms in total. The second-order valence-electron chi connectivity index (χ2n) is 6.45. The van der Waals surface area contributed by atoms with Gasteiger partial charge in [0.2, 0.25) is 0 Å². The topological polar surface area (TPSA) is 99.1 Å². The van der Waals surface area contributed by atoms with Crippen molar-refractivity contribution in [2.45, 2.75) is 26.9 Å². The van der Waals surface area contributed by atoms with Crippen LogP contribution in [0, 0.1) is 19.8 Å². The van der Waals surface area contributed by atoms with Gasteiger partial charge in [0.05, 0.1) is 17.5 Å². The first-order valence-electron chi connectivity index (χ1n) is 8.23. The highest BCUT2D eigenvalue weighted by molar-refractivity contribution is 5.93. The third-order valence-corrected chi connectivity index (χ3v) is 4.37. The van der Waals surface area contributed by atoms with Gasteiger partial charge in [-0.2, -0.15) is 11.1 Å². The lowest BCUT2D eigenvalue weighted by Crippen LogP contribution is -2.45. The Kier molecular flexibility index (Phi) is 5.09. The zero-order valence-corrected chi connectivity index (χ0v) is 14.9. The van der Waals surface area contributed by atoms with Gasteiger partial charge in [-0.15, -0.1) is 5.10 Å². The monoisotopic (exact) mass is 344 g/mol. The molecule has 4 N–H and O–H groups in total. The fourth-order valence-corrected chi connectivity index (χ4v) is 2.81. The molecule has 0 bridgehead atoms. The van der Waals surface area contributed by atoms with Crippen molar-refractivity contribution in [2.75, 3.05) is 13.6 Å². The third kappa shape index (κ3) is 3.69.